The van der Waals surface area contributed by atoms with Crippen LogP contribution in [0, 0.1) is 9.52 Å². The summed E-state index contributed by atoms with van der Waals surface area (Å²) in [7, 11) is 0. The Hall–Kier alpha value is -3.29. The molecule has 32 heavy (non-hydrogen) atoms. The van der Waals surface area contributed by atoms with Gasteiger partial charge in [0.05, 0.1) is 18.5 Å². The van der Waals surface area contributed by atoms with E-state index in [1.54, 1.807) is 41.2 Å². The normalized spacial score (nSPS) is 11.8. The zero-order valence-electron chi connectivity index (χ0n) is 16.1. The van der Waals surface area contributed by atoms with Gasteiger partial charge < -0.3 is 0 Å². The van der Waals surface area contributed by atoms with Gasteiger partial charge in [0.2, 0.25) is 0 Å². The molecule has 0 aliphatic rings. The Balaban J connectivity index is 1.67. The molecule has 0 spiro atoms. The Morgan fingerprint density at radius 3 is 2.72 bits per heavy atom. The quantitative estimate of drug-likeness (QED) is 0.266. The summed E-state index contributed by atoms with van der Waals surface area (Å²) in [4.78, 5) is 27.8. The second-order valence-corrected chi connectivity index (χ2v) is 7.96. The van der Waals surface area contributed by atoms with E-state index in [0.29, 0.717) is 26.0 Å². The van der Waals surface area contributed by atoms with Crippen LogP contribution in [0.15, 0.2) is 47.4 Å². The fourth-order valence-corrected chi connectivity index (χ4v) is 4.29. The Kier molecular flexibility index (Phi) is 5.15. The Morgan fingerprint density at radius 1 is 1.12 bits per heavy atom. The summed E-state index contributed by atoms with van der Waals surface area (Å²) in [6.07, 6.45) is -1.10. The average molecular weight is 551 g/mol. The second kappa shape index (κ2) is 8.00. The van der Waals surface area contributed by atoms with Gasteiger partial charge in [0.15, 0.2) is 17.1 Å². The predicted molar refractivity (Wildman–Crippen MR) is 119 cm³/mol. The number of nitrogens with zero attached hydrogens (tertiary/aromatic N) is 6. The van der Waals surface area contributed by atoms with Crippen LogP contribution in [0.1, 0.15) is 5.56 Å². The van der Waals surface area contributed by atoms with E-state index in [4.69, 9.17) is 0 Å². The van der Waals surface area contributed by atoms with Crippen LogP contribution < -0.4 is 5.69 Å². The first-order chi connectivity index (χ1) is 15.4. The number of H-pyrrole nitrogens is 1. The molecule has 162 valence electrons. The van der Waals surface area contributed by atoms with Crippen molar-refractivity contribution in [3.8, 4) is 11.5 Å². The van der Waals surface area contributed by atoms with Crippen molar-refractivity contribution in [3.63, 3.8) is 0 Å². The van der Waals surface area contributed by atoms with Gasteiger partial charge in [-0.25, -0.2) is 37.6 Å². The van der Waals surface area contributed by atoms with Gasteiger partial charge in [0.1, 0.15) is 20.7 Å². The average Bonchev–Trinajstić information content (AvgIpc) is 3.27. The molecule has 5 rings (SSSR count). The number of aromatic amines is 1. The first-order valence-corrected chi connectivity index (χ1v) is 10.5. The van der Waals surface area contributed by atoms with Gasteiger partial charge in [-0.1, -0.05) is 18.2 Å². The maximum atomic E-state index is 14.2. The number of hydrogen-bond donors (Lipinski definition) is 1. The van der Waals surface area contributed by atoms with Crippen molar-refractivity contribution in [1.29, 1.82) is 0 Å². The SMILES string of the molecule is O=c1[nH]c2nc(-c3nn(Cc4ccccc4F)c4ncccc34)nc(I)c2n1CC(F)F. The molecule has 1 N–H and O–H groups in total. The summed E-state index contributed by atoms with van der Waals surface area (Å²) in [5.41, 5.74) is 0.966. The minimum Gasteiger partial charge on any atom is -0.290 e. The number of imidazole rings is 1. The van der Waals surface area contributed by atoms with Gasteiger partial charge in [0, 0.05) is 11.8 Å². The molecule has 12 heteroatoms. The number of aromatic nitrogens is 7. The lowest BCUT2D eigenvalue weighted by Crippen LogP contribution is -2.20. The molecule has 0 amide bonds. The Bertz CT molecular complexity index is 1530. The van der Waals surface area contributed by atoms with Crippen LogP contribution in [-0.4, -0.2) is 40.7 Å². The lowest BCUT2D eigenvalue weighted by molar-refractivity contribution is 0.127. The van der Waals surface area contributed by atoms with E-state index in [-0.39, 0.29) is 29.4 Å². The molecular formula is C20H13F3IN7O. The highest BCUT2D eigenvalue weighted by Gasteiger charge is 2.21. The summed E-state index contributed by atoms with van der Waals surface area (Å²) in [5, 5.41) is 5.19. The van der Waals surface area contributed by atoms with Gasteiger partial charge >= 0.3 is 5.69 Å². The smallest absolute Gasteiger partial charge is 0.290 e. The number of rotatable bonds is 5. The van der Waals surface area contributed by atoms with E-state index in [2.05, 4.69) is 25.0 Å². The summed E-state index contributed by atoms with van der Waals surface area (Å²) in [6, 6.07) is 9.88. The van der Waals surface area contributed by atoms with E-state index in [1.807, 2.05) is 22.6 Å². The van der Waals surface area contributed by atoms with Crippen molar-refractivity contribution in [2.45, 2.75) is 19.5 Å². The number of alkyl halides is 2. The maximum Gasteiger partial charge on any atom is 0.327 e. The van der Waals surface area contributed by atoms with E-state index >= 15 is 0 Å². The van der Waals surface area contributed by atoms with Crippen molar-refractivity contribution in [1.82, 2.24) is 34.3 Å². The number of benzene rings is 1. The van der Waals surface area contributed by atoms with Gasteiger partial charge in [-0.3, -0.25) is 9.55 Å². The zero-order valence-corrected chi connectivity index (χ0v) is 18.3. The fourth-order valence-electron chi connectivity index (χ4n) is 3.52. The van der Waals surface area contributed by atoms with E-state index < -0.39 is 18.7 Å². The number of fused-ring (bicyclic) bond motifs is 2. The Morgan fingerprint density at radius 2 is 1.94 bits per heavy atom. The zero-order chi connectivity index (χ0) is 22.4. The first kappa shape index (κ1) is 20.6. The molecule has 0 aliphatic carbocycles. The molecule has 0 aliphatic heterocycles. The van der Waals surface area contributed by atoms with Gasteiger partial charge in [-0.2, -0.15) is 5.10 Å². The second-order valence-electron chi connectivity index (χ2n) is 6.94. The van der Waals surface area contributed by atoms with Crippen LogP contribution >= 0.6 is 22.6 Å². The molecule has 0 saturated carbocycles. The topological polar surface area (TPSA) is 94.3 Å². The van der Waals surface area contributed by atoms with E-state index in [1.165, 1.54) is 6.07 Å². The van der Waals surface area contributed by atoms with Crippen molar-refractivity contribution < 1.29 is 13.2 Å². The van der Waals surface area contributed by atoms with Crippen molar-refractivity contribution in [3.05, 3.63) is 68.2 Å². The largest absolute Gasteiger partial charge is 0.327 e. The minimum atomic E-state index is -2.70. The van der Waals surface area contributed by atoms with Gasteiger partial charge in [-0.15, -0.1) is 0 Å². The molecule has 0 radical (unpaired) electrons. The first-order valence-electron chi connectivity index (χ1n) is 9.42. The van der Waals surface area contributed by atoms with Crippen molar-refractivity contribution in [2.75, 3.05) is 0 Å². The third-order valence-electron chi connectivity index (χ3n) is 4.90. The molecule has 5 aromatic rings. The monoisotopic (exact) mass is 551 g/mol. The van der Waals surface area contributed by atoms with Crippen molar-refractivity contribution in [2.24, 2.45) is 0 Å². The molecule has 0 bridgehead atoms. The number of halogens is 4. The molecule has 0 saturated heterocycles. The molecule has 4 heterocycles. The number of nitrogens with one attached hydrogen (secondary N) is 1. The van der Waals surface area contributed by atoms with Crippen molar-refractivity contribution >= 4 is 44.8 Å². The van der Waals surface area contributed by atoms with Crippen LogP contribution in [0.5, 0.6) is 0 Å². The highest BCUT2D eigenvalue weighted by Crippen LogP contribution is 2.27. The Labute approximate surface area is 191 Å². The van der Waals surface area contributed by atoms with E-state index in [9.17, 15) is 18.0 Å². The summed E-state index contributed by atoms with van der Waals surface area (Å²) in [5.74, 6) is -0.170. The molecule has 0 atom stereocenters. The van der Waals surface area contributed by atoms with Crippen LogP contribution in [0.3, 0.4) is 0 Å². The van der Waals surface area contributed by atoms with Crippen LogP contribution in [0.2, 0.25) is 0 Å². The highest BCUT2D eigenvalue weighted by atomic mass is 127. The van der Waals surface area contributed by atoms with Gasteiger partial charge in [0.25, 0.3) is 6.43 Å². The fraction of sp³-hybridized carbons (Fsp3) is 0.150. The summed E-state index contributed by atoms with van der Waals surface area (Å²) < 4.78 is 42.8. The van der Waals surface area contributed by atoms with Crippen LogP contribution in [0.25, 0.3) is 33.7 Å². The molecule has 0 unspecified atom stereocenters. The maximum absolute atomic E-state index is 14.2. The standard InChI is InChI=1S/C20H13F3IN7O/c21-12-6-2-1-4-10(12)8-31-19-11(5-3-7-25-19)14(29-31)17-26-16(24)15-18(27-17)28-20(32)30(15)9-13(22)23/h1-7,13H,8-9H2,(H,26,27,28,32). The molecule has 0 fully saturated rings. The van der Waals surface area contributed by atoms with Crippen LogP contribution in [0.4, 0.5) is 13.2 Å². The highest BCUT2D eigenvalue weighted by molar-refractivity contribution is 14.1. The third kappa shape index (κ3) is 3.53. The summed E-state index contributed by atoms with van der Waals surface area (Å²) in [6.45, 7) is -0.622. The minimum absolute atomic E-state index is 0.130. The van der Waals surface area contributed by atoms with E-state index in [0.717, 1.165) is 4.57 Å². The number of hydrogen-bond acceptors (Lipinski definition) is 5. The van der Waals surface area contributed by atoms with Crippen LogP contribution in [-0.2, 0) is 13.1 Å². The lowest BCUT2D eigenvalue weighted by atomic mass is 10.2. The third-order valence-corrected chi connectivity index (χ3v) is 5.65. The molecule has 8 nitrogen and oxygen atoms in total. The molecular weight excluding hydrogens is 538 g/mol. The molecule has 4 aromatic heterocycles. The molecule has 1 aromatic carbocycles. The van der Waals surface area contributed by atoms with Gasteiger partial charge in [-0.05, 0) is 40.8 Å². The number of pyridine rings is 1. The predicted octanol–water partition coefficient (Wildman–Crippen LogP) is 3.59. The lowest BCUT2D eigenvalue weighted by Gasteiger charge is -2.05. The summed E-state index contributed by atoms with van der Waals surface area (Å²) >= 11 is 1.87.